The third kappa shape index (κ3) is 6.76. The number of aromatic amines is 1. The van der Waals surface area contributed by atoms with Gasteiger partial charge in [-0.25, -0.2) is 4.98 Å². The van der Waals surface area contributed by atoms with E-state index in [1.54, 1.807) is 19.1 Å². The van der Waals surface area contributed by atoms with E-state index in [1.165, 1.54) is 11.8 Å². The first kappa shape index (κ1) is 21.0. The molecule has 0 spiro atoms. The zero-order valence-electron chi connectivity index (χ0n) is 15.3. The molecule has 1 heterocycles. The van der Waals surface area contributed by atoms with E-state index >= 15 is 0 Å². The molecular formula is C17H22ClN5O3S. The average molecular weight is 412 g/mol. The Hall–Kier alpha value is -2.26. The average Bonchev–Trinajstić information content (AvgIpc) is 3.09. The molecule has 0 unspecified atom stereocenters. The first-order chi connectivity index (χ1) is 12.9. The molecule has 8 nitrogen and oxygen atoms in total. The smallest absolute Gasteiger partial charge is 0.242 e. The number of benzene rings is 1. The number of likely N-dealkylation sites (N-methyl/N-ethyl adjacent to an activating group) is 1. The number of rotatable bonds is 9. The van der Waals surface area contributed by atoms with Crippen molar-refractivity contribution in [2.75, 3.05) is 12.3 Å². The first-order valence-electron chi connectivity index (χ1n) is 8.39. The van der Waals surface area contributed by atoms with Crippen LogP contribution in [0.5, 0.6) is 5.75 Å². The van der Waals surface area contributed by atoms with Crippen molar-refractivity contribution in [1.29, 1.82) is 0 Å². The Kier molecular flexibility index (Phi) is 7.93. The molecule has 3 N–H and O–H groups in total. The van der Waals surface area contributed by atoms with E-state index < -0.39 is 6.04 Å². The largest absolute Gasteiger partial charge is 0.486 e. The third-order valence-corrected chi connectivity index (χ3v) is 4.74. The highest BCUT2D eigenvalue weighted by Crippen LogP contribution is 2.21. The molecule has 0 aliphatic carbocycles. The summed E-state index contributed by atoms with van der Waals surface area (Å²) in [7, 11) is 0. The summed E-state index contributed by atoms with van der Waals surface area (Å²) >= 11 is 7.16. The lowest BCUT2D eigenvalue weighted by Gasteiger charge is -2.12. The molecular weight excluding hydrogens is 390 g/mol. The molecule has 2 aromatic rings. The Morgan fingerprint density at radius 1 is 1.41 bits per heavy atom. The summed E-state index contributed by atoms with van der Waals surface area (Å²) in [4.78, 5) is 27.8. The van der Waals surface area contributed by atoms with Crippen LogP contribution in [0.15, 0.2) is 23.4 Å². The summed E-state index contributed by atoms with van der Waals surface area (Å²) in [5.41, 5.74) is 0.927. The van der Waals surface area contributed by atoms with Gasteiger partial charge in [0, 0.05) is 11.6 Å². The number of aromatic nitrogens is 3. The van der Waals surface area contributed by atoms with Crippen molar-refractivity contribution in [3.8, 4) is 5.75 Å². The number of aryl methyl sites for hydroxylation is 1. The second-order valence-electron chi connectivity index (χ2n) is 5.74. The zero-order chi connectivity index (χ0) is 19.8. The molecule has 10 heteroatoms. The van der Waals surface area contributed by atoms with Crippen molar-refractivity contribution >= 4 is 35.2 Å². The minimum atomic E-state index is -0.586. The zero-order valence-corrected chi connectivity index (χ0v) is 16.9. The molecule has 0 aliphatic heterocycles. The molecule has 2 amide bonds. The molecule has 1 atom stereocenters. The topological polar surface area (TPSA) is 109 Å². The van der Waals surface area contributed by atoms with E-state index in [0.29, 0.717) is 28.3 Å². The second-order valence-corrected chi connectivity index (χ2v) is 7.09. The predicted molar refractivity (Wildman–Crippen MR) is 104 cm³/mol. The van der Waals surface area contributed by atoms with Gasteiger partial charge < -0.3 is 15.4 Å². The first-order valence-corrected chi connectivity index (χ1v) is 9.75. The van der Waals surface area contributed by atoms with Crippen LogP contribution in [-0.2, 0) is 16.2 Å². The summed E-state index contributed by atoms with van der Waals surface area (Å²) in [6.45, 7) is 6.09. The molecule has 0 aliphatic rings. The van der Waals surface area contributed by atoms with Crippen LogP contribution in [0.25, 0.3) is 0 Å². The molecule has 0 fully saturated rings. The highest BCUT2D eigenvalue weighted by atomic mass is 35.5. The van der Waals surface area contributed by atoms with E-state index in [-0.39, 0.29) is 24.2 Å². The molecule has 2 rings (SSSR count). The predicted octanol–water partition coefficient (Wildman–Crippen LogP) is 2.08. The van der Waals surface area contributed by atoms with Crippen molar-refractivity contribution < 1.29 is 14.3 Å². The van der Waals surface area contributed by atoms with Gasteiger partial charge in [0.25, 0.3) is 0 Å². The van der Waals surface area contributed by atoms with Crippen molar-refractivity contribution in [2.45, 2.75) is 38.6 Å². The molecule has 0 radical (unpaired) electrons. The van der Waals surface area contributed by atoms with Crippen molar-refractivity contribution in [3.63, 3.8) is 0 Å². The van der Waals surface area contributed by atoms with E-state index in [2.05, 4.69) is 25.8 Å². The Morgan fingerprint density at radius 3 is 2.89 bits per heavy atom. The Bertz CT molecular complexity index is 799. The molecule has 1 aromatic carbocycles. The SMILES string of the molecule is CCNC(=O)[C@@H](C)NC(=O)CSc1n[nH]c(COc2ccc(Cl)c(C)c2)n1. The maximum atomic E-state index is 11.9. The summed E-state index contributed by atoms with van der Waals surface area (Å²) < 4.78 is 5.64. The van der Waals surface area contributed by atoms with Gasteiger partial charge in [-0.05, 0) is 44.5 Å². The van der Waals surface area contributed by atoms with Crippen LogP contribution in [0.2, 0.25) is 5.02 Å². The van der Waals surface area contributed by atoms with Crippen LogP contribution >= 0.6 is 23.4 Å². The van der Waals surface area contributed by atoms with Gasteiger partial charge in [-0.2, -0.15) is 0 Å². The fourth-order valence-corrected chi connectivity index (χ4v) is 2.82. The third-order valence-electron chi connectivity index (χ3n) is 3.47. The lowest BCUT2D eigenvalue weighted by molar-refractivity contribution is -0.127. The number of hydrogen-bond acceptors (Lipinski definition) is 6. The minimum absolute atomic E-state index is 0.109. The molecule has 0 bridgehead atoms. The summed E-state index contributed by atoms with van der Waals surface area (Å²) in [5.74, 6) is 0.851. The van der Waals surface area contributed by atoms with E-state index in [9.17, 15) is 9.59 Å². The van der Waals surface area contributed by atoms with Gasteiger partial charge in [-0.15, -0.1) is 5.10 Å². The number of halogens is 1. The normalized spacial score (nSPS) is 11.7. The standard InChI is InChI=1S/C17H22ClN5O3S/c1-4-19-16(25)11(3)20-15(24)9-27-17-21-14(22-23-17)8-26-12-5-6-13(18)10(2)7-12/h5-7,11H,4,8-9H2,1-3H3,(H,19,25)(H,20,24)(H,21,22,23)/t11-/m1/s1. The summed E-state index contributed by atoms with van der Waals surface area (Å²) in [5, 5.41) is 13.2. The van der Waals surface area contributed by atoms with E-state index in [0.717, 1.165) is 5.56 Å². The van der Waals surface area contributed by atoms with Crippen molar-refractivity contribution in [2.24, 2.45) is 0 Å². The number of nitrogens with zero attached hydrogens (tertiary/aromatic N) is 2. The Morgan fingerprint density at radius 2 is 2.19 bits per heavy atom. The van der Waals surface area contributed by atoms with Crippen molar-refractivity contribution in [1.82, 2.24) is 25.8 Å². The van der Waals surface area contributed by atoms with Gasteiger partial charge in [0.1, 0.15) is 18.4 Å². The van der Waals surface area contributed by atoms with Crippen LogP contribution in [0.4, 0.5) is 0 Å². The fourth-order valence-electron chi connectivity index (χ4n) is 2.07. The highest BCUT2D eigenvalue weighted by Gasteiger charge is 2.15. The summed E-state index contributed by atoms with van der Waals surface area (Å²) in [6.07, 6.45) is 0. The van der Waals surface area contributed by atoms with Gasteiger partial charge in [-0.3, -0.25) is 14.7 Å². The monoisotopic (exact) mass is 411 g/mol. The molecule has 0 saturated heterocycles. The molecule has 1 aromatic heterocycles. The molecule has 27 heavy (non-hydrogen) atoms. The second kappa shape index (κ2) is 10.2. The van der Waals surface area contributed by atoms with Gasteiger partial charge in [0.15, 0.2) is 5.82 Å². The number of amides is 2. The maximum absolute atomic E-state index is 11.9. The van der Waals surface area contributed by atoms with Gasteiger partial charge in [0.2, 0.25) is 17.0 Å². The Labute approximate surface area is 166 Å². The molecule has 146 valence electrons. The lowest BCUT2D eigenvalue weighted by Crippen LogP contribution is -2.45. The Balaban J connectivity index is 1.77. The number of thioether (sulfide) groups is 1. The number of carbonyl (C=O) groups excluding carboxylic acids is 2. The number of hydrogen-bond donors (Lipinski definition) is 3. The van der Waals surface area contributed by atoms with E-state index in [1.807, 2.05) is 19.9 Å². The highest BCUT2D eigenvalue weighted by molar-refractivity contribution is 7.99. The van der Waals surface area contributed by atoms with Gasteiger partial charge in [-0.1, -0.05) is 23.4 Å². The quantitative estimate of drug-likeness (QED) is 0.545. The van der Waals surface area contributed by atoms with E-state index in [4.69, 9.17) is 16.3 Å². The van der Waals surface area contributed by atoms with Crippen LogP contribution in [0.1, 0.15) is 25.2 Å². The summed E-state index contributed by atoms with van der Waals surface area (Å²) in [6, 6.07) is 4.81. The fraction of sp³-hybridized carbons (Fsp3) is 0.412. The van der Waals surface area contributed by atoms with Crippen LogP contribution < -0.4 is 15.4 Å². The van der Waals surface area contributed by atoms with Crippen LogP contribution in [0, 0.1) is 6.92 Å². The number of H-pyrrole nitrogens is 1. The lowest BCUT2D eigenvalue weighted by atomic mass is 10.2. The van der Waals surface area contributed by atoms with Gasteiger partial charge >= 0.3 is 0 Å². The number of nitrogens with one attached hydrogen (secondary N) is 3. The maximum Gasteiger partial charge on any atom is 0.242 e. The van der Waals surface area contributed by atoms with Crippen LogP contribution in [-0.4, -0.2) is 45.3 Å². The van der Waals surface area contributed by atoms with Crippen molar-refractivity contribution in [3.05, 3.63) is 34.6 Å². The van der Waals surface area contributed by atoms with Gasteiger partial charge in [0.05, 0.1) is 5.75 Å². The molecule has 0 saturated carbocycles. The van der Waals surface area contributed by atoms with Crippen LogP contribution in [0.3, 0.4) is 0 Å². The minimum Gasteiger partial charge on any atom is -0.486 e. The number of carbonyl (C=O) groups is 2. The number of ether oxygens (including phenoxy) is 1.